The van der Waals surface area contributed by atoms with Crippen LogP contribution in [0.5, 0.6) is 11.5 Å². The number of hydrogen-bond donors (Lipinski definition) is 1. The predicted molar refractivity (Wildman–Crippen MR) is 194 cm³/mol. The number of ether oxygens (including phenoxy) is 1. The SMILES string of the molecule is CC(C)(C)c1cc(C(=O)N(C2CCCCCCC2)C2CCCCCCC2)ccc1OC(=O)c1cc(C(C)(C)C)c(O)c(C(C)(C)C)c1. The molecule has 0 heterocycles. The molecular formula is C42H63NO4. The number of rotatable bonds is 5. The van der Waals surface area contributed by atoms with Gasteiger partial charge in [0.2, 0.25) is 0 Å². The molecule has 2 aromatic rings. The first-order valence-corrected chi connectivity index (χ1v) is 18.6. The zero-order valence-corrected chi connectivity index (χ0v) is 31.1. The van der Waals surface area contributed by atoms with Gasteiger partial charge in [0.15, 0.2) is 0 Å². The van der Waals surface area contributed by atoms with Crippen LogP contribution in [0.3, 0.4) is 0 Å². The summed E-state index contributed by atoms with van der Waals surface area (Å²) in [4.78, 5) is 30.8. The van der Waals surface area contributed by atoms with Crippen molar-refractivity contribution < 1.29 is 19.4 Å². The molecule has 0 spiro atoms. The molecule has 2 aromatic carbocycles. The maximum Gasteiger partial charge on any atom is 0.343 e. The maximum absolute atomic E-state index is 14.7. The van der Waals surface area contributed by atoms with Crippen molar-refractivity contribution in [2.75, 3.05) is 0 Å². The Labute approximate surface area is 285 Å². The van der Waals surface area contributed by atoms with Gasteiger partial charge in [-0.15, -0.1) is 0 Å². The third-order valence-electron chi connectivity index (χ3n) is 10.4. The smallest absolute Gasteiger partial charge is 0.343 e. The molecule has 0 unspecified atom stereocenters. The summed E-state index contributed by atoms with van der Waals surface area (Å²) in [5.74, 6) is 0.382. The summed E-state index contributed by atoms with van der Waals surface area (Å²) in [5.41, 5.74) is 2.30. The molecule has 1 N–H and O–H groups in total. The van der Waals surface area contributed by atoms with Crippen LogP contribution in [0.15, 0.2) is 30.3 Å². The lowest BCUT2D eigenvalue weighted by molar-refractivity contribution is 0.0485. The van der Waals surface area contributed by atoms with Crippen LogP contribution < -0.4 is 4.74 Å². The Morgan fingerprint density at radius 3 is 1.38 bits per heavy atom. The molecule has 1 amide bonds. The minimum Gasteiger partial charge on any atom is -0.507 e. The van der Waals surface area contributed by atoms with E-state index >= 15 is 0 Å². The standard InChI is InChI=1S/C42H63NO4/c1-40(2,3)33-26-29(38(45)43(31-20-16-12-10-13-17-21-31)32-22-18-14-11-15-19-23-32)24-25-36(33)47-39(46)30-27-34(41(4,5)6)37(44)35(28-30)42(7,8)9/h24-28,31-32,44H,10-23H2,1-9H3. The molecule has 5 heteroatoms. The zero-order chi connectivity index (χ0) is 34.6. The Kier molecular flexibility index (Phi) is 11.9. The molecule has 0 bridgehead atoms. The van der Waals surface area contributed by atoms with Crippen LogP contribution in [0.1, 0.15) is 190 Å². The molecule has 0 aromatic heterocycles. The van der Waals surface area contributed by atoms with Crippen molar-refractivity contribution in [3.05, 3.63) is 58.1 Å². The molecule has 2 aliphatic carbocycles. The van der Waals surface area contributed by atoms with Crippen molar-refractivity contribution >= 4 is 11.9 Å². The first kappa shape index (κ1) is 37.0. The lowest BCUT2D eigenvalue weighted by atomic mass is 9.78. The molecule has 5 nitrogen and oxygen atoms in total. The molecular weight excluding hydrogens is 582 g/mol. The molecule has 0 aliphatic heterocycles. The number of carbonyl (C=O) groups is 2. The topological polar surface area (TPSA) is 66.8 Å². The largest absolute Gasteiger partial charge is 0.507 e. The molecule has 0 atom stereocenters. The van der Waals surface area contributed by atoms with E-state index in [9.17, 15) is 14.7 Å². The van der Waals surface area contributed by atoms with Crippen molar-refractivity contribution in [2.24, 2.45) is 0 Å². The highest BCUT2D eigenvalue weighted by Gasteiger charge is 2.34. The van der Waals surface area contributed by atoms with Crippen LogP contribution in [0, 0.1) is 0 Å². The lowest BCUT2D eigenvalue weighted by Crippen LogP contribution is -2.48. The third kappa shape index (κ3) is 9.42. The number of phenolic OH excluding ortho intramolecular Hbond substituents is 1. The summed E-state index contributed by atoms with van der Waals surface area (Å²) in [7, 11) is 0. The second-order valence-electron chi connectivity index (χ2n) is 17.5. The maximum atomic E-state index is 14.7. The fraction of sp³-hybridized carbons (Fsp3) is 0.667. The van der Waals surface area contributed by atoms with Crippen molar-refractivity contribution in [3.63, 3.8) is 0 Å². The Bertz CT molecular complexity index is 1310. The van der Waals surface area contributed by atoms with Gasteiger partial charge in [-0.2, -0.15) is 0 Å². The second-order valence-corrected chi connectivity index (χ2v) is 17.5. The number of amides is 1. The Hall–Kier alpha value is -2.82. The van der Waals surface area contributed by atoms with E-state index in [-0.39, 0.29) is 40.0 Å². The zero-order valence-electron chi connectivity index (χ0n) is 31.1. The number of phenols is 1. The van der Waals surface area contributed by atoms with Gasteiger partial charge in [-0.3, -0.25) is 4.79 Å². The fourth-order valence-corrected chi connectivity index (χ4v) is 7.60. The first-order chi connectivity index (χ1) is 22.0. The van der Waals surface area contributed by atoms with E-state index in [4.69, 9.17) is 4.74 Å². The van der Waals surface area contributed by atoms with Crippen LogP contribution in [0.4, 0.5) is 0 Å². The number of benzene rings is 2. The van der Waals surface area contributed by atoms with Gasteiger partial charge in [0.25, 0.3) is 5.91 Å². The minimum atomic E-state index is -0.462. The van der Waals surface area contributed by atoms with Gasteiger partial charge in [0.1, 0.15) is 11.5 Å². The van der Waals surface area contributed by atoms with Crippen LogP contribution >= 0.6 is 0 Å². The van der Waals surface area contributed by atoms with Crippen LogP contribution in [-0.4, -0.2) is 34.0 Å². The van der Waals surface area contributed by atoms with E-state index in [0.29, 0.717) is 16.9 Å². The number of hydrogen-bond acceptors (Lipinski definition) is 4. The summed E-state index contributed by atoms with van der Waals surface area (Å²) in [5, 5.41) is 11.2. The van der Waals surface area contributed by atoms with E-state index < -0.39 is 5.97 Å². The highest BCUT2D eigenvalue weighted by molar-refractivity contribution is 5.96. The van der Waals surface area contributed by atoms with Gasteiger partial charge in [-0.25, -0.2) is 4.79 Å². The van der Waals surface area contributed by atoms with Crippen molar-refractivity contribution in [3.8, 4) is 11.5 Å². The monoisotopic (exact) mass is 645 g/mol. The van der Waals surface area contributed by atoms with Gasteiger partial charge in [0, 0.05) is 34.3 Å². The molecule has 4 rings (SSSR count). The summed E-state index contributed by atoms with van der Waals surface area (Å²) in [6, 6.07) is 9.79. The molecule has 0 radical (unpaired) electrons. The quantitative estimate of drug-likeness (QED) is 0.259. The van der Waals surface area contributed by atoms with Gasteiger partial charge in [0.05, 0.1) is 5.56 Å². The average Bonchev–Trinajstić information content (AvgIpc) is 2.93. The van der Waals surface area contributed by atoms with Crippen molar-refractivity contribution in [2.45, 2.75) is 181 Å². The lowest BCUT2D eigenvalue weighted by Gasteiger charge is -2.40. The molecule has 2 aliphatic rings. The van der Waals surface area contributed by atoms with Gasteiger partial charge in [-0.1, -0.05) is 127 Å². The summed E-state index contributed by atoms with van der Waals surface area (Å²) >= 11 is 0. The van der Waals surface area contributed by atoms with Crippen LogP contribution in [-0.2, 0) is 16.2 Å². The minimum absolute atomic E-state index is 0.132. The summed E-state index contributed by atoms with van der Waals surface area (Å²) in [6.07, 6.45) is 16.7. The highest BCUT2D eigenvalue weighted by Crippen LogP contribution is 2.41. The van der Waals surface area contributed by atoms with Crippen molar-refractivity contribution in [1.82, 2.24) is 4.90 Å². The Morgan fingerprint density at radius 1 is 0.596 bits per heavy atom. The summed E-state index contributed by atoms with van der Waals surface area (Å²) < 4.78 is 6.18. The van der Waals surface area contributed by atoms with Crippen LogP contribution in [0.25, 0.3) is 0 Å². The Balaban J connectivity index is 1.71. The third-order valence-corrected chi connectivity index (χ3v) is 10.4. The summed E-state index contributed by atoms with van der Waals surface area (Å²) in [6.45, 7) is 18.5. The molecule has 47 heavy (non-hydrogen) atoms. The van der Waals surface area contributed by atoms with E-state index in [2.05, 4.69) is 25.7 Å². The average molecular weight is 646 g/mol. The number of nitrogens with zero attached hydrogens (tertiary/aromatic N) is 1. The number of esters is 1. The van der Waals surface area contributed by atoms with Gasteiger partial charge in [-0.05, 0) is 72.3 Å². The Morgan fingerprint density at radius 2 is 0.979 bits per heavy atom. The highest BCUT2D eigenvalue weighted by atomic mass is 16.5. The normalized spacial score (nSPS) is 18.1. The van der Waals surface area contributed by atoms with E-state index in [1.165, 1.54) is 64.2 Å². The molecule has 2 fully saturated rings. The molecule has 2 saturated carbocycles. The first-order valence-electron chi connectivity index (χ1n) is 18.6. The number of aromatic hydroxyl groups is 1. The van der Waals surface area contributed by atoms with Crippen LogP contribution in [0.2, 0.25) is 0 Å². The molecule has 260 valence electrons. The molecule has 0 saturated heterocycles. The number of carbonyl (C=O) groups excluding carboxylic acids is 2. The fourth-order valence-electron chi connectivity index (χ4n) is 7.60. The van der Waals surface area contributed by atoms with E-state index in [1.807, 2.05) is 59.7 Å². The second kappa shape index (κ2) is 15.2. The predicted octanol–water partition coefficient (Wildman–Crippen LogP) is 11.2. The van der Waals surface area contributed by atoms with Gasteiger partial charge >= 0.3 is 5.97 Å². The van der Waals surface area contributed by atoms with Gasteiger partial charge < -0.3 is 14.7 Å². The van der Waals surface area contributed by atoms with E-state index in [1.54, 1.807) is 12.1 Å². The van der Waals surface area contributed by atoms with E-state index in [0.717, 1.165) is 42.4 Å². The van der Waals surface area contributed by atoms with Crippen molar-refractivity contribution in [1.29, 1.82) is 0 Å².